The lowest BCUT2D eigenvalue weighted by atomic mass is 9.87. The van der Waals surface area contributed by atoms with Gasteiger partial charge in [0.05, 0.1) is 5.69 Å². The molecule has 4 heterocycles. The Labute approximate surface area is 224 Å². The highest BCUT2D eigenvalue weighted by atomic mass is 19.4. The van der Waals surface area contributed by atoms with Crippen LogP contribution in [0.1, 0.15) is 48.1 Å². The van der Waals surface area contributed by atoms with E-state index in [9.17, 15) is 35.9 Å². The minimum Gasteiger partial charge on any atom is -0.433 e. The maximum atomic E-state index is 13.9. The van der Waals surface area contributed by atoms with Crippen LogP contribution in [-0.4, -0.2) is 63.0 Å². The van der Waals surface area contributed by atoms with Gasteiger partial charge in [-0.2, -0.15) is 26.3 Å². The fourth-order valence-corrected chi connectivity index (χ4v) is 5.24. The van der Waals surface area contributed by atoms with E-state index in [1.54, 1.807) is 0 Å². The minimum absolute atomic E-state index is 0.134. The number of rotatable bonds is 4. The molecule has 1 fully saturated rings. The first-order chi connectivity index (χ1) is 18.7. The van der Waals surface area contributed by atoms with Gasteiger partial charge in [0.1, 0.15) is 0 Å². The van der Waals surface area contributed by atoms with Crippen molar-refractivity contribution in [3.05, 3.63) is 46.6 Å². The lowest BCUT2D eigenvalue weighted by molar-refractivity contribution is -0.275. The van der Waals surface area contributed by atoms with Crippen LogP contribution in [0.15, 0.2) is 24.4 Å². The molecule has 1 aromatic carbocycles. The number of alkyl halides is 6. The Morgan fingerprint density at radius 3 is 2.50 bits per heavy atom. The molecular formula is C26H25F6N5O3. The summed E-state index contributed by atoms with van der Waals surface area (Å²) >= 11 is 0. The first-order valence-electron chi connectivity index (χ1n) is 12.6. The standard InChI is InChI=1S/C26H25F6N5O3/c1-13-11-34-21-16(13)10-20(35-36-21)15-8-14-5-7-37(12-18(14)17(9-15)19-4-3-6-33-19)22(38)24(2,26(30,31)32)40-23(39)25(27,28)29/h8-11,19,33H,3-7,12H2,1-2H3,(H,34,36)/t19-,24-/m0/s1. The summed E-state index contributed by atoms with van der Waals surface area (Å²) in [6.07, 6.45) is -7.73. The van der Waals surface area contributed by atoms with E-state index in [0.717, 1.165) is 51.9 Å². The second-order valence-electron chi connectivity index (χ2n) is 10.2. The third-order valence-corrected chi connectivity index (χ3v) is 7.52. The van der Waals surface area contributed by atoms with Crippen molar-refractivity contribution in [2.45, 2.75) is 63.7 Å². The molecule has 214 valence electrons. The van der Waals surface area contributed by atoms with Gasteiger partial charge in [-0.05, 0) is 80.1 Å². The molecule has 0 aliphatic carbocycles. The molecule has 14 heteroatoms. The van der Waals surface area contributed by atoms with E-state index < -0.39 is 29.8 Å². The molecular weight excluding hydrogens is 544 g/mol. The smallest absolute Gasteiger partial charge is 0.433 e. The van der Waals surface area contributed by atoms with Crippen molar-refractivity contribution in [2.75, 3.05) is 13.1 Å². The fraction of sp³-hybridized carbons (Fsp3) is 0.462. The van der Waals surface area contributed by atoms with Gasteiger partial charge in [-0.25, -0.2) is 4.79 Å². The number of hydrogen-bond donors (Lipinski definition) is 2. The summed E-state index contributed by atoms with van der Waals surface area (Å²) in [6, 6.07) is 5.45. The van der Waals surface area contributed by atoms with Crippen molar-refractivity contribution in [1.82, 2.24) is 25.4 Å². The summed E-state index contributed by atoms with van der Waals surface area (Å²) in [5.41, 5.74) is 1.08. The number of halogens is 6. The van der Waals surface area contributed by atoms with Crippen molar-refractivity contribution in [1.29, 1.82) is 0 Å². The number of aromatic amines is 1. The van der Waals surface area contributed by atoms with Gasteiger partial charge in [-0.15, -0.1) is 10.2 Å². The van der Waals surface area contributed by atoms with Gasteiger partial charge in [-0.3, -0.25) is 4.79 Å². The molecule has 0 unspecified atom stereocenters. The lowest BCUT2D eigenvalue weighted by Crippen LogP contribution is -2.60. The SMILES string of the molecule is Cc1c[nH]c2nnc(-c3cc4c(c([C@@H]5CCCN5)c3)CN(C(=O)[C@](C)(OC(=O)C(F)(F)F)C(F)(F)F)CC4)cc12. The number of nitrogens with one attached hydrogen (secondary N) is 2. The van der Waals surface area contributed by atoms with E-state index in [2.05, 4.69) is 25.2 Å². The second kappa shape index (κ2) is 9.75. The van der Waals surface area contributed by atoms with Crippen molar-refractivity contribution in [3.63, 3.8) is 0 Å². The van der Waals surface area contributed by atoms with Crippen LogP contribution in [-0.2, 0) is 27.3 Å². The molecule has 8 nitrogen and oxygen atoms in total. The Balaban J connectivity index is 1.52. The summed E-state index contributed by atoms with van der Waals surface area (Å²) in [5, 5.41) is 12.8. The highest BCUT2D eigenvalue weighted by Gasteiger charge is 2.64. The summed E-state index contributed by atoms with van der Waals surface area (Å²) in [5.74, 6) is -4.86. The molecule has 2 N–H and O–H groups in total. The molecule has 0 bridgehead atoms. The molecule has 1 amide bonds. The lowest BCUT2D eigenvalue weighted by Gasteiger charge is -2.38. The van der Waals surface area contributed by atoms with Crippen LogP contribution in [0.3, 0.4) is 0 Å². The first-order valence-corrected chi connectivity index (χ1v) is 12.6. The van der Waals surface area contributed by atoms with E-state index in [4.69, 9.17) is 0 Å². The van der Waals surface area contributed by atoms with Gasteiger partial charge in [0.15, 0.2) is 5.65 Å². The molecule has 2 aliphatic rings. The van der Waals surface area contributed by atoms with Crippen LogP contribution in [0.5, 0.6) is 0 Å². The highest BCUT2D eigenvalue weighted by molar-refractivity contribution is 5.90. The molecule has 2 aromatic heterocycles. The number of aryl methyl sites for hydroxylation is 1. The molecule has 2 atom stereocenters. The summed E-state index contributed by atoms with van der Waals surface area (Å²) in [6.45, 7) is 2.29. The van der Waals surface area contributed by atoms with Crippen molar-refractivity contribution >= 4 is 22.9 Å². The van der Waals surface area contributed by atoms with Crippen LogP contribution in [0.25, 0.3) is 22.3 Å². The number of hydrogen-bond acceptors (Lipinski definition) is 6. The number of carbonyl (C=O) groups is 2. The van der Waals surface area contributed by atoms with E-state index in [-0.39, 0.29) is 32.5 Å². The molecule has 2 aliphatic heterocycles. The number of ether oxygens (including phenoxy) is 1. The summed E-state index contributed by atoms with van der Waals surface area (Å²) in [7, 11) is 0. The maximum Gasteiger partial charge on any atom is 0.490 e. The number of nitrogens with zero attached hydrogens (tertiary/aromatic N) is 3. The zero-order chi connectivity index (χ0) is 29.0. The average Bonchev–Trinajstić information content (AvgIpc) is 3.56. The van der Waals surface area contributed by atoms with Crippen molar-refractivity contribution in [3.8, 4) is 11.3 Å². The maximum absolute atomic E-state index is 13.9. The highest BCUT2D eigenvalue weighted by Crippen LogP contribution is 2.40. The van der Waals surface area contributed by atoms with E-state index in [1.165, 1.54) is 0 Å². The van der Waals surface area contributed by atoms with Gasteiger partial charge >= 0.3 is 18.3 Å². The van der Waals surface area contributed by atoms with Gasteiger partial charge in [0, 0.05) is 36.3 Å². The van der Waals surface area contributed by atoms with E-state index >= 15 is 0 Å². The molecule has 0 saturated carbocycles. The van der Waals surface area contributed by atoms with E-state index in [1.807, 2.05) is 31.3 Å². The Morgan fingerprint density at radius 1 is 1.10 bits per heavy atom. The molecule has 0 spiro atoms. The van der Waals surface area contributed by atoms with Crippen LogP contribution in [0.4, 0.5) is 26.3 Å². The van der Waals surface area contributed by atoms with Gasteiger partial charge < -0.3 is 19.9 Å². The third-order valence-electron chi connectivity index (χ3n) is 7.52. The van der Waals surface area contributed by atoms with Gasteiger partial charge in [0.2, 0.25) is 0 Å². The Bertz CT molecular complexity index is 1480. The Morgan fingerprint density at radius 2 is 1.85 bits per heavy atom. The summed E-state index contributed by atoms with van der Waals surface area (Å²) < 4.78 is 83.9. The number of esters is 1. The second-order valence-corrected chi connectivity index (χ2v) is 10.2. The van der Waals surface area contributed by atoms with Crippen LogP contribution >= 0.6 is 0 Å². The molecule has 5 rings (SSSR count). The number of amides is 1. The predicted molar refractivity (Wildman–Crippen MR) is 130 cm³/mol. The zero-order valence-electron chi connectivity index (χ0n) is 21.5. The van der Waals surface area contributed by atoms with E-state index in [0.29, 0.717) is 16.9 Å². The number of aromatic nitrogens is 3. The summed E-state index contributed by atoms with van der Waals surface area (Å²) in [4.78, 5) is 28.3. The van der Waals surface area contributed by atoms with Crippen LogP contribution in [0.2, 0.25) is 0 Å². The zero-order valence-corrected chi connectivity index (χ0v) is 21.5. The minimum atomic E-state index is -5.70. The topological polar surface area (TPSA) is 100 Å². The van der Waals surface area contributed by atoms with Crippen molar-refractivity contribution in [2.24, 2.45) is 0 Å². The molecule has 3 aromatic rings. The van der Waals surface area contributed by atoms with Gasteiger partial charge in [-0.1, -0.05) is 0 Å². The number of H-pyrrole nitrogens is 1. The molecule has 0 radical (unpaired) electrons. The number of benzene rings is 1. The average molecular weight is 570 g/mol. The van der Waals surface area contributed by atoms with Crippen LogP contribution < -0.4 is 5.32 Å². The molecule has 40 heavy (non-hydrogen) atoms. The first kappa shape index (κ1) is 27.9. The quantitative estimate of drug-likeness (QED) is 0.350. The normalized spacial score (nSPS) is 19.4. The molecule has 1 saturated heterocycles. The third kappa shape index (κ3) is 4.88. The predicted octanol–water partition coefficient (Wildman–Crippen LogP) is 4.67. The number of fused-ring (bicyclic) bond motifs is 2. The Kier molecular flexibility index (Phi) is 6.79. The fourth-order valence-electron chi connectivity index (χ4n) is 5.24. The number of carbonyl (C=O) groups excluding carboxylic acids is 2. The monoisotopic (exact) mass is 569 g/mol. The largest absolute Gasteiger partial charge is 0.490 e. The Hall–Kier alpha value is -3.68. The van der Waals surface area contributed by atoms with Gasteiger partial charge in [0.25, 0.3) is 11.5 Å². The van der Waals surface area contributed by atoms with Crippen molar-refractivity contribution < 1.29 is 40.7 Å². The van der Waals surface area contributed by atoms with Crippen LogP contribution in [0, 0.1) is 6.92 Å².